The zero-order valence-electron chi connectivity index (χ0n) is 9.43. The normalized spacial score (nSPS) is 18.1. The number of hydrogen-bond donors (Lipinski definition) is 2. The van der Waals surface area contributed by atoms with E-state index in [0.29, 0.717) is 11.7 Å². The fraction of sp³-hybridized carbons (Fsp3) is 0.500. The minimum atomic E-state index is -4.27. The predicted molar refractivity (Wildman–Crippen MR) is 59.7 cm³/mol. The lowest BCUT2D eigenvalue weighted by Crippen LogP contribution is -2.87. The smallest absolute Gasteiger partial charge is 0.382 e. The molecule has 1 heterocycles. The first-order valence-corrected chi connectivity index (χ1v) is 5.81. The molecular weight excluding hydrogens is 229 g/mol. The Bertz CT molecular complexity index is 370. The van der Waals surface area contributed by atoms with Crippen LogP contribution < -0.4 is 10.6 Å². The third-order valence-electron chi connectivity index (χ3n) is 3.00. The molecule has 2 rings (SSSR count). The SMILES string of the molecule is FC(F)(F)c1cccc(NC2CC[NH2+]CC2)c1. The van der Waals surface area contributed by atoms with Crippen molar-refractivity contribution in [1.29, 1.82) is 0 Å². The molecule has 1 aromatic carbocycles. The van der Waals surface area contributed by atoms with E-state index in [1.165, 1.54) is 12.1 Å². The third kappa shape index (κ3) is 3.36. The van der Waals surface area contributed by atoms with Gasteiger partial charge >= 0.3 is 6.18 Å². The molecule has 1 aliphatic rings. The van der Waals surface area contributed by atoms with Gasteiger partial charge < -0.3 is 10.6 Å². The second-order valence-electron chi connectivity index (χ2n) is 4.36. The summed E-state index contributed by atoms with van der Waals surface area (Å²) in [6, 6.07) is 5.70. The van der Waals surface area contributed by atoms with E-state index in [1.807, 2.05) is 0 Å². The summed E-state index contributed by atoms with van der Waals surface area (Å²) in [7, 11) is 0. The van der Waals surface area contributed by atoms with Crippen molar-refractivity contribution in [2.45, 2.75) is 25.1 Å². The molecule has 0 aliphatic carbocycles. The van der Waals surface area contributed by atoms with Crippen molar-refractivity contribution in [3.05, 3.63) is 29.8 Å². The highest BCUT2D eigenvalue weighted by molar-refractivity contribution is 5.47. The third-order valence-corrected chi connectivity index (χ3v) is 3.00. The van der Waals surface area contributed by atoms with Gasteiger partial charge in [-0.25, -0.2) is 0 Å². The molecule has 0 amide bonds. The van der Waals surface area contributed by atoms with Gasteiger partial charge in [-0.3, -0.25) is 0 Å². The van der Waals surface area contributed by atoms with Gasteiger partial charge in [-0.15, -0.1) is 0 Å². The van der Waals surface area contributed by atoms with Gasteiger partial charge in [0.15, 0.2) is 0 Å². The Hall–Kier alpha value is -1.23. The van der Waals surface area contributed by atoms with Crippen LogP contribution in [0, 0.1) is 0 Å². The van der Waals surface area contributed by atoms with E-state index in [0.717, 1.165) is 32.0 Å². The number of piperidine rings is 1. The van der Waals surface area contributed by atoms with Gasteiger partial charge in [-0.05, 0) is 18.2 Å². The first-order chi connectivity index (χ1) is 8.05. The number of alkyl halides is 3. The van der Waals surface area contributed by atoms with Crippen LogP contribution in [0.2, 0.25) is 0 Å². The van der Waals surface area contributed by atoms with Crippen LogP contribution in [0.4, 0.5) is 18.9 Å². The largest absolute Gasteiger partial charge is 0.416 e. The van der Waals surface area contributed by atoms with Gasteiger partial charge in [-0.2, -0.15) is 13.2 Å². The number of hydrogen-bond acceptors (Lipinski definition) is 1. The molecule has 5 heteroatoms. The molecule has 0 spiro atoms. The fourth-order valence-corrected chi connectivity index (χ4v) is 2.09. The molecule has 2 nitrogen and oxygen atoms in total. The zero-order chi connectivity index (χ0) is 12.3. The highest BCUT2D eigenvalue weighted by atomic mass is 19.4. The second kappa shape index (κ2) is 4.96. The maximum atomic E-state index is 12.5. The van der Waals surface area contributed by atoms with Crippen molar-refractivity contribution in [3.63, 3.8) is 0 Å². The van der Waals surface area contributed by atoms with E-state index in [2.05, 4.69) is 10.6 Å². The Kier molecular flexibility index (Phi) is 3.57. The highest BCUT2D eigenvalue weighted by Crippen LogP contribution is 2.30. The summed E-state index contributed by atoms with van der Waals surface area (Å²) in [4.78, 5) is 0. The van der Waals surface area contributed by atoms with E-state index in [9.17, 15) is 13.2 Å². The molecule has 94 valence electrons. The maximum absolute atomic E-state index is 12.5. The first kappa shape index (κ1) is 12.2. The monoisotopic (exact) mass is 245 g/mol. The summed E-state index contributed by atoms with van der Waals surface area (Å²) in [5, 5.41) is 5.40. The second-order valence-corrected chi connectivity index (χ2v) is 4.36. The summed E-state index contributed by atoms with van der Waals surface area (Å²) in [5.74, 6) is 0. The standard InChI is InChI=1S/C12H15F3N2/c13-12(14,15)9-2-1-3-11(8-9)17-10-4-6-16-7-5-10/h1-3,8,10,16-17H,4-7H2/p+1. The highest BCUT2D eigenvalue weighted by Gasteiger charge is 2.30. The van der Waals surface area contributed by atoms with Crippen molar-refractivity contribution in [1.82, 2.24) is 0 Å². The molecule has 0 saturated carbocycles. The van der Waals surface area contributed by atoms with Crippen molar-refractivity contribution < 1.29 is 18.5 Å². The average molecular weight is 245 g/mol. The van der Waals surface area contributed by atoms with Crippen LogP contribution in [0.5, 0.6) is 0 Å². The van der Waals surface area contributed by atoms with E-state index in [-0.39, 0.29) is 0 Å². The first-order valence-electron chi connectivity index (χ1n) is 5.81. The topological polar surface area (TPSA) is 28.6 Å². The van der Waals surface area contributed by atoms with Crippen LogP contribution in [-0.2, 0) is 6.18 Å². The van der Waals surface area contributed by atoms with Crippen molar-refractivity contribution >= 4 is 5.69 Å². The quantitative estimate of drug-likeness (QED) is 0.818. The molecule has 1 aromatic rings. The van der Waals surface area contributed by atoms with E-state index >= 15 is 0 Å². The molecule has 0 aromatic heterocycles. The van der Waals surface area contributed by atoms with Gasteiger partial charge in [0.1, 0.15) is 0 Å². The van der Waals surface area contributed by atoms with Crippen molar-refractivity contribution in [3.8, 4) is 0 Å². The van der Waals surface area contributed by atoms with Gasteiger partial charge in [-0.1, -0.05) is 6.07 Å². The Balaban J connectivity index is 2.05. The molecule has 17 heavy (non-hydrogen) atoms. The molecular formula is C12H16F3N2+. The van der Waals surface area contributed by atoms with E-state index in [1.54, 1.807) is 6.07 Å². The molecule has 1 saturated heterocycles. The Morgan fingerprint density at radius 1 is 1.18 bits per heavy atom. The Labute approximate surface area is 98.2 Å². The predicted octanol–water partition coefficient (Wildman–Crippen LogP) is 1.84. The average Bonchev–Trinajstić information content (AvgIpc) is 2.29. The number of anilines is 1. The molecule has 1 fully saturated rings. The molecule has 0 unspecified atom stereocenters. The minimum Gasteiger partial charge on any atom is -0.382 e. The summed E-state index contributed by atoms with van der Waals surface area (Å²) in [6.07, 6.45) is -2.27. The number of quaternary nitrogens is 1. The van der Waals surface area contributed by atoms with Gasteiger partial charge in [0.25, 0.3) is 0 Å². The molecule has 1 aliphatic heterocycles. The summed E-state index contributed by atoms with van der Waals surface area (Å²) in [6.45, 7) is 2.08. The summed E-state index contributed by atoms with van der Waals surface area (Å²) >= 11 is 0. The lowest BCUT2D eigenvalue weighted by atomic mass is 10.1. The van der Waals surface area contributed by atoms with Crippen LogP contribution in [0.15, 0.2) is 24.3 Å². The van der Waals surface area contributed by atoms with Crippen molar-refractivity contribution in [2.24, 2.45) is 0 Å². The van der Waals surface area contributed by atoms with E-state index < -0.39 is 11.7 Å². The maximum Gasteiger partial charge on any atom is 0.416 e. The van der Waals surface area contributed by atoms with Crippen LogP contribution in [0.3, 0.4) is 0 Å². The Morgan fingerprint density at radius 3 is 2.53 bits per heavy atom. The van der Waals surface area contributed by atoms with Gasteiger partial charge in [0, 0.05) is 24.6 Å². The van der Waals surface area contributed by atoms with Gasteiger partial charge in [0.2, 0.25) is 0 Å². The molecule has 0 radical (unpaired) electrons. The van der Waals surface area contributed by atoms with Crippen molar-refractivity contribution in [2.75, 3.05) is 18.4 Å². The van der Waals surface area contributed by atoms with Crippen LogP contribution >= 0.6 is 0 Å². The molecule has 0 atom stereocenters. The van der Waals surface area contributed by atoms with Gasteiger partial charge in [0.05, 0.1) is 18.7 Å². The number of rotatable bonds is 2. The van der Waals surface area contributed by atoms with E-state index in [4.69, 9.17) is 0 Å². The number of benzene rings is 1. The molecule has 3 N–H and O–H groups in total. The summed E-state index contributed by atoms with van der Waals surface area (Å²) in [5.41, 5.74) is -0.0309. The lowest BCUT2D eigenvalue weighted by molar-refractivity contribution is -0.662. The number of nitrogens with one attached hydrogen (secondary N) is 1. The van der Waals surface area contributed by atoms with Crippen LogP contribution in [0.1, 0.15) is 18.4 Å². The molecule has 0 bridgehead atoms. The lowest BCUT2D eigenvalue weighted by Gasteiger charge is -2.23. The zero-order valence-corrected chi connectivity index (χ0v) is 9.43. The fourth-order valence-electron chi connectivity index (χ4n) is 2.09. The van der Waals surface area contributed by atoms with Crippen LogP contribution in [-0.4, -0.2) is 19.1 Å². The Morgan fingerprint density at radius 2 is 1.88 bits per heavy atom. The number of halogens is 3. The summed E-state index contributed by atoms with van der Waals surface area (Å²) < 4.78 is 37.5. The van der Waals surface area contributed by atoms with Crippen LogP contribution in [0.25, 0.3) is 0 Å². The minimum absolute atomic E-state index is 0.295. The number of nitrogens with two attached hydrogens (primary N) is 1.